The van der Waals surface area contributed by atoms with Crippen molar-refractivity contribution < 1.29 is 23.7 Å². The highest BCUT2D eigenvalue weighted by molar-refractivity contribution is 5.79. The Morgan fingerprint density at radius 3 is 2.19 bits per heavy atom. The van der Waals surface area contributed by atoms with Crippen molar-refractivity contribution in [1.29, 1.82) is 0 Å². The van der Waals surface area contributed by atoms with Gasteiger partial charge < -0.3 is 23.8 Å². The molecule has 1 amide bonds. The molecule has 1 heterocycles. The zero-order valence-corrected chi connectivity index (χ0v) is 19.5. The zero-order chi connectivity index (χ0) is 22.9. The van der Waals surface area contributed by atoms with Crippen LogP contribution in [-0.4, -0.2) is 75.9 Å². The molecule has 0 radical (unpaired) electrons. The van der Waals surface area contributed by atoms with Crippen molar-refractivity contribution in [2.75, 3.05) is 54.2 Å². The maximum absolute atomic E-state index is 13.5. The molecule has 2 aromatic carbocycles. The molecule has 1 aliphatic rings. The van der Waals surface area contributed by atoms with Crippen LogP contribution in [0.25, 0.3) is 0 Å². The summed E-state index contributed by atoms with van der Waals surface area (Å²) in [6.45, 7) is 6.77. The van der Waals surface area contributed by atoms with Crippen molar-refractivity contribution in [3.05, 3.63) is 53.6 Å². The Morgan fingerprint density at radius 2 is 1.62 bits per heavy atom. The van der Waals surface area contributed by atoms with Crippen molar-refractivity contribution in [2.24, 2.45) is 0 Å². The Hall–Kier alpha value is -2.77. The van der Waals surface area contributed by atoms with Gasteiger partial charge in [0.25, 0.3) is 0 Å². The molecule has 0 aromatic heterocycles. The van der Waals surface area contributed by atoms with Crippen LogP contribution in [0, 0.1) is 0 Å². The Balaban J connectivity index is 1.81. The fourth-order valence-corrected chi connectivity index (χ4v) is 4.04. The lowest BCUT2D eigenvalue weighted by atomic mass is 10.1. The van der Waals surface area contributed by atoms with Crippen LogP contribution >= 0.6 is 0 Å². The average molecular weight is 443 g/mol. The highest BCUT2D eigenvalue weighted by Crippen LogP contribution is 2.38. The maximum Gasteiger partial charge on any atom is 0.227 e. The van der Waals surface area contributed by atoms with Gasteiger partial charge in [0.15, 0.2) is 11.5 Å². The molecular weight excluding hydrogens is 408 g/mol. The van der Waals surface area contributed by atoms with Gasteiger partial charge in [-0.15, -0.1) is 0 Å². The lowest BCUT2D eigenvalue weighted by Crippen LogP contribution is -2.48. The molecule has 174 valence electrons. The summed E-state index contributed by atoms with van der Waals surface area (Å²) in [4.78, 5) is 17.8. The predicted molar refractivity (Wildman–Crippen MR) is 124 cm³/mol. The van der Waals surface area contributed by atoms with Crippen molar-refractivity contribution in [3.63, 3.8) is 0 Å². The SMILES string of the molecule is COc1cc(CC(=O)N(Cc2ccccc2)C(C)CN2CCOCC2)cc(OC)c1OC. The number of nitrogens with zero attached hydrogens (tertiary/aromatic N) is 2. The minimum absolute atomic E-state index is 0.0582. The second-order valence-corrected chi connectivity index (χ2v) is 7.98. The highest BCUT2D eigenvalue weighted by Gasteiger charge is 2.24. The standard InChI is InChI=1S/C25H34N2O5/c1-19(17-26-10-12-32-13-11-26)27(18-20-8-6-5-7-9-20)24(28)16-21-14-22(29-2)25(31-4)23(15-21)30-3/h5-9,14-15,19H,10-13,16-18H2,1-4H3. The number of benzene rings is 2. The molecule has 1 saturated heterocycles. The first kappa shape index (κ1) is 23.9. The molecule has 0 saturated carbocycles. The first-order chi connectivity index (χ1) is 15.5. The van der Waals surface area contributed by atoms with E-state index in [4.69, 9.17) is 18.9 Å². The van der Waals surface area contributed by atoms with E-state index in [2.05, 4.69) is 24.0 Å². The van der Waals surface area contributed by atoms with Crippen LogP contribution in [0.5, 0.6) is 17.2 Å². The van der Waals surface area contributed by atoms with Crippen LogP contribution in [0.15, 0.2) is 42.5 Å². The van der Waals surface area contributed by atoms with Gasteiger partial charge in [0, 0.05) is 32.2 Å². The number of morpholine rings is 1. The number of ether oxygens (including phenoxy) is 4. The fraction of sp³-hybridized carbons (Fsp3) is 0.480. The van der Waals surface area contributed by atoms with Crippen LogP contribution in [0.2, 0.25) is 0 Å². The summed E-state index contributed by atoms with van der Waals surface area (Å²) < 4.78 is 21.8. The molecule has 1 unspecified atom stereocenters. The van der Waals surface area contributed by atoms with Crippen LogP contribution in [0.3, 0.4) is 0 Å². The molecule has 32 heavy (non-hydrogen) atoms. The summed E-state index contributed by atoms with van der Waals surface area (Å²) in [6.07, 6.45) is 0.247. The summed E-state index contributed by atoms with van der Waals surface area (Å²) in [5, 5.41) is 0. The van der Waals surface area contributed by atoms with Gasteiger partial charge in [0.2, 0.25) is 11.7 Å². The van der Waals surface area contributed by atoms with E-state index >= 15 is 0 Å². The van der Waals surface area contributed by atoms with Gasteiger partial charge in [0.05, 0.1) is 41.0 Å². The molecule has 0 spiro atoms. The Kier molecular flexibility index (Phi) is 8.76. The highest BCUT2D eigenvalue weighted by atomic mass is 16.5. The van der Waals surface area contributed by atoms with Crippen molar-refractivity contribution >= 4 is 5.91 Å². The lowest BCUT2D eigenvalue weighted by molar-refractivity contribution is -0.133. The molecule has 2 aromatic rings. The summed E-state index contributed by atoms with van der Waals surface area (Å²) in [6, 6.07) is 13.8. The molecule has 7 heteroatoms. The summed E-state index contributed by atoms with van der Waals surface area (Å²) in [7, 11) is 4.73. The first-order valence-electron chi connectivity index (χ1n) is 11.0. The van der Waals surface area contributed by atoms with E-state index in [0.717, 1.165) is 44.0 Å². The first-order valence-corrected chi connectivity index (χ1v) is 11.0. The van der Waals surface area contributed by atoms with Crippen molar-refractivity contribution in [1.82, 2.24) is 9.80 Å². The zero-order valence-electron chi connectivity index (χ0n) is 19.5. The number of hydrogen-bond acceptors (Lipinski definition) is 6. The number of amides is 1. The van der Waals surface area contributed by atoms with E-state index in [1.54, 1.807) is 21.3 Å². The van der Waals surface area contributed by atoms with Gasteiger partial charge in [-0.3, -0.25) is 9.69 Å². The van der Waals surface area contributed by atoms with Crippen molar-refractivity contribution in [3.8, 4) is 17.2 Å². The molecule has 0 N–H and O–H groups in total. The number of hydrogen-bond donors (Lipinski definition) is 0. The lowest BCUT2D eigenvalue weighted by Gasteiger charge is -2.35. The summed E-state index contributed by atoms with van der Waals surface area (Å²) in [5.74, 6) is 1.67. The molecule has 7 nitrogen and oxygen atoms in total. The summed E-state index contributed by atoms with van der Waals surface area (Å²) in [5.41, 5.74) is 1.93. The third-order valence-corrected chi connectivity index (χ3v) is 5.75. The number of carbonyl (C=O) groups excluding carboxylic acids is 1. The van der Waals surface area contributed by atoms with Gasteiger partial charge in [-0.25, -0.2) is 0 Å². The molecule has 1 atom stereocenters. The Morgan fingerprint density at radius 1 is 1.00 bits per heavy atom. The van der Waals surface area contributed by atoms with E-state index in [1.807, 2.05) is 35.2 Å². The molecule has 1 fully saturated rings. The van der Waals surface area contributed by atoms with Gasteiger partial charge in [-0.2, -0.15) is 0 Å². The molecule has 0 bridgehead atoms. The third-order valence-electron chi connectivity index (χ3n) is 5.75. The minimum atomic E-state index is 0.0582. The van der Waals surface area contributed by atoms with Crippen LogP contribution in [-0.2, 0) is 22.5 Å². The van der Waals surface area contributed by atoms with Gasteiger partial charge >= 0.3 is 0 Å². The Labute approximate surface area is 190 Å². The third kappa shape index (κ3) is 6.14. The van der Waals surface area contributed by atoms with Crippen molar-refractivity contribution in [2.45, 2.75) is 25.9 Å². The quantitative estimate of drug-likeness (QED) is 0.564. The minimum Gasteiger partial charge on any atom is -0.493 e. The van der Waals surface area contributed by atoms with E-state index in [-0.39, 0.29) is 18.4 Å². The monoisotopic (exact) mass is 442 g/mol. The van der Waals surface area contributed by atoms with E-state index in [1.165, 1.54) is 0 Å². The number of methoxy groups -OCH3 is 3. The largest absolute Gasteiger partial charge is 0.493 e. The predicted octanol–water partition coefficient (Wildman–Crippen LogP) is 3.00. The normalized spacial score (nSPS) is 15.1. The second-order valence-electron chi connectivity index (χ2n) is 7.98. The van der Waals surface area contributed by atoms with Crippen LogP contribution in [0.1, 0.15) is 18.1 Å². The molecular formula is C25H34N2O5. The van der Waals surface area contributed by atoms with E-state index in [0.29, 0.717) is 23.8 Å². The fourth-order valence-electron chi connectivity index (χ4n) is 4.04. The molecule has 1 aliphatic heterocycles. The smallest absolute Gasteiger partial charge is 0.227 e. The Bertz CT molecular complexity index is 843. The number of rotatable bonds is 10. The van der Waals surface area contributed by atoms with E-state index in [9.17, 15) is 4.79 Å². The molecule has 0 aliphatic carbocycles. The van der Waals surface area contributed by atoms with Gasteiger partial charge in [-0.1, -0.05) is 30.3 Å². The maximum atomic E-state index is 13.5. The van der Waals surface area contributed by atoms with Crippen LogP contribution in [0.4, 0.5) is 0 Å². The average Bonchev–Trinajstić information content (AvgIpc) is 2.82. The van der Waals surface area contributed by atoms with Gasteiger partial charge in [0.1, 0.15) is 0 Å². The topological polar surface area (TPSA) is 60.5 Å². The van der Waals surface area contributed by atoms with Gasteiger partial charge in [-0.05, 0) is 30.2 Å². The number of carbonyl (C=O) groups is 1. The molecule has 3 rings (SSSR count). The second kappa shape index (κ2) is 11.7. The van der Waals surface area contributed by atoms with Crippen LogP contribution < -0.4 is 14.2 Å². The van der Waals surface area contributed by atoms with E-state index < -0.39 is 0 Å². The summed E-state index contributed by atoms with van der Waals surface area (Å²) >= 11 is 0.